The molecule has 2 aromatic carbocycles. The molecule has 1 atom stereocenters. The number of hydrogen-bond acceptors (Lipinski definition) is 3. The first kappa shape index (κ1) is 20.9. The van der Waals surface area contributed by atoms with E-state index in [-0.39, 0.29) is 23.3 Å². The fraction of sp³-hybridized carbons (Fsp3) is 0.417. The van der Waals surface area contributed by atoms with E-state index in [1.165, 1.54) is 5.56 Å². The number of benzene rings is 2. The molecule has 5 nitrogen and oxygen atoms in total. The molecular weight excluding hydrogens is 362 g/mol. The summed E-state index contributed by atoms with van der Waals surface area (Å²) in [6.45, 7) is 9.79. The van der Waals surface area contributed by atoms with Crippen molar-refractivity contribution in [2.45, 2.75) is 58.5 Å². The van der Waals surface area contributed by atoms with E-state index in [0.29, 0.717) is 13.0 Å². The van der Waals surface area contributed by atoms with Crippen LogP contribution in [0.5, 0.6) is 0 Å². The lowest BCUT2D eigenvalue weighted by Gasteiger charge is -2.20. The first-order valence-electron chi connectivity index (χ1n) is 10.3. The van der Waals surface area contributed by atoms with Gasteiger partial charge in [-0.15, -0.1) is 0 Å². The van der Waals surface area contributed by atoms with Crippen LogP contribution in [0.25, 0.3) is 0 Å². The van der Waals surface area contributed by atoms with Crippen LogP contribution in [0.15, 0.2) is 48.5 Å². The Kier molecular flexibility index (Phi) is 6.26. The van der Waals surface area contributed by atoms with Gasteiger partial charge >= 0.3 is 0 Å². The van der Waals surface area contributed by atoms with Crippen molar-refractivity contribution in [3.05, 3.63) is 59.7 Å². The summed E-state index contributed by atoms with van der Waals surface area (Å²) < 4.78 is 0. The Morgan fingerprint density at radius 2 is 1.83 bits per heavy atom. The highest BCUT2D eigenvalue weighted by Gasteiger charge is 2.20. The van der Waals surface area contributed by atoms with Gasteiger partial charge in [0.05, 0.1) is 0 Å². The first-order valence-corrected chi connectivity index (χ1v) is 10.3. The number of amides is 2. The molecule has 1 unspecified atom stereocenters. The maximum atomic E-state index is 12.6. The molecule has 0 aliphatic carbocycles. The van der Waals surface area contributed by atoms with Gasteiger partial charge < -0.3 is 15.5 Å². The van der Waals surface area contributed by atoms with Crippen molar-refractivity contribution < 1.29 is 9.59 Å². The van der Waals surface area contributed by atoms with E-state index in [4.69, 9.17) is 0 Å². The van der Waals surface area contributed by atoms with Crippen molar-refractivity contribution in [2.24, 2.45) is 0 Å². The molecule has 29 heavy (non-hydrogen) atoms. The Bertz CT molecular complexity index is 868. The third-order valence-electron chi connectivity index (χ3n) is 5.27. The number of rotatable bonds is 6. The molecular formula is C24H31N3O2. The normalized spacial score (nSPS) is 15.3. The molecule has 1 aliphatic heterocycles. The molecule has 1 heterocycles. The van der Waals surface area contributed by atoms with Crippen LogP contribution in [0.2, 0.25) is 0 Å². The van der Waals surface area contributed by atoms with Gasteiger partial charge in [0, 0.05) is 30.9 Å². The van der Waals surface area contributed by atoms with Crippen molar-refractivity contribution in [3.63, 3.8) is 0 Å². The predicted molar refractivity (Wildman–Crippen MR) is 118 cm³/mol. The minimum absolute atomic E-state index is 0.0854. The molecule has 2 amide bonds. The second-order valence-corrected chi connectivity index (χ2v) is 8.80. The Morgan fingerprint density at radius 1 is 1.10 bits per heavy atom. The van der Waals surface area contributed by atoms with Crippen LogP contribution in [0.3, 0.4) is 0 Å². The molecule has 2 N–H and O–H groups in total. The zero-order chi connectivity index (χ0) is 21.0. The summed E-state index contributed by atoms with van der Waals surface area (Å²) in [7, 11) is 0. The van der Waals surface area contributed by atoms with E-state index in [1.54, 1.807) is 0 Å². The van der Waals surface area contributed by atoms with Gasteiger partial charge in [-0.3, -0.25) is 9.59 Å². The molecule has 0 spiro atoms. The fourth-order valence-corrected chi connectivity index (χ4v) is 3.47. The Hall–Kier alpha value is -2.82. The number of carbonyl (C=O) groups excluding carboxylic acids is 2. The standard InChI is InChI=1S/C24H31N3O2/c1-17(23(29)26-20-12-10-19(11-13-20)24(2,3)4)25-21-8-5-7-18(15-21)16-27-14-6-9-22(27)28/h5,7-8,10-13,15,17,25H,6,9,14,16H2,1-4H3,(H,26,29). The molecule has 154 valence electrons. The first-order chi connectivity index (χ1) is 13.7. The maximum Gasteiger partial charge on any atom is 0.246 e. The summed E-state index contributed by atoms with van der Waals surface area (Å²) in [6, 6.07) is 15.5. The summed E-state index contributed by atoms with van der Waals surface area (Å²) in [5, 5.41) is 6.22. The summed E-state index contributed by atoms with van der Waals surface area (Å²) in [5.41, 5.74) is 4.05. The highest BCUT2D eigenvalue weighted by Crippen LogP contribution is 2.23. The fourth-order valence-electron chi connectivity index (χ4n) is 3.47. The molecule has 1 fully saturated rings. The molecule has 3 rings (SSSR count). The second-order valence-electron chi connectivity index (χ2n) is 8.80. The average molecular weight is 394 g/mol. The number of carbonyl (C=O) groups is 2. The average Bonchev–Trinajstić information content (AvgIpc) is 3.06. The number of anilines is 2. The largest absolute Gasteiger partial charge is 0.374 e. The minimum Gasteiger partial charge on any atom is -0.374 e. The van der Waals surface area contributed by atoms with E-state index >= 15 is 0 Å². The van der Waals surface area contributed by atoms with E-state index < -0.39 is 0 Å². The number of nitrogens with one attached hydrogen (secondary N) is 2. The van der Waals surface area contributed by atoms with Gasteiger partial charge in [-0.25, -0.2) is 0 Å². The highest BCUT2D eigenvalue weighted by molar-refractivity contribution is 5.96. The molecule has 0 aromatic heterocycles. The van der Waals surface area contributed by atoms with Gasteiger partial charge in [-0.05, 0) is 54.2 Å². The number of nitrogens with zero attached hydrogens (tertiary/aromatic N) is 1. The molecule has 5 heteroatoms. The lowest BCUT2D eigenvalue weighted by Crippen LogP contribution is -2.32. The summed E-state index contributed by atoms with van der Waals surface area (Å²) in [5.74, 6) is 0.127. The van der Waals surface area contributed by atoms with Gasteiger partial charge in [0.25, 0.3) is 0 Å². The molecule has 2 aromatic rings. The Morgan fingerprint density at radius 3 is 2.45 bits per heavy atom. The van der Waals surface area contributed by atoms with Crippen LogP contribution in [0, 0.1) is 0 Å². The quantitative estimate of drug-likeness (QED) is 0.757. The van der Waals surface area contributed by atoms with Crippen molar-refractivity contribution in [1.82, 2.24) is 4.90 Å². The Balaban J connectivity index is 1.58. The molecule has 0 bridgehead atoms. The van der Waals surface area contributed by atoms with Crippen LogP contribution < -0.4 is 10.6 Å². The van der Waals surface area contributed by atoms with Crippen LogP contribution >= 0.6 is 0 Å². The second kappa shape index (κ2) is 8.68. The summed E-state index contributed by atoms with van der Waals surface area (Å²) in [6.07, 6.45) is 1.58. The third-order valence-corrected chi connectivity index (χ3v) is 5.27. The third kappa shape index (κ3) is 5.59. The van der Waals surface area contributed by atoms with Gasteiger partial charge in [0.2, 0.25) is 11.8 Å². The van der Waals surface area contributed by atoms with Crippen molar-refractivity contribution in [2.75, 3.05) is 17.2 Å². The SMILES string of the molecule is CC(Nc1cccc(CN2CCCC2=O)c1)C(=O)Nc1ccc(C(C)(C)C)cc1. The van der Waals surface area contributed by atoms with Crippen molar-refractivity contribution in [3.8, 4) is 0 Å². The lowest BCUT2D eigenvalue weighted by molar-refractivity contribution is -0.128. The van der Waals surface area contributed by atoms with Gasteiger partial charge in [-0.2, -0.15) is 0 Å². The summed E-state index contributed by atoms with van der Waals surface area (Å²) in [4.78, 5) is 26.3. The van der Waals surface area contributed by atoms with E-state index in [9.17, 15) is 9.59 Å². The molecule has 1 aliphatic rings. The van der Waals surface area contributed by atoms with Crippen LogP contribution in [0.1, 0.15) is 51.7 Å². The van der Waals surface area contributed by atoms with Gasteiger partial charge in [0.15, 0.2) is 0 Å². The number of likely N-dealkylation sites (tertiary alicyclic amines) is 1. The van der Waals surface area contributed by atoms with Crippen molar-refractivity contribution in [1.29, 1.82) is 0 Å². The Labute approximate surface area is 173 Å². The number of hydrogen-bond donors (Lipinski definition) is 2. The molecule has 1 saturated heterocycles. The van der Waals surface area contributed by atoms with Crippen molar-refractivity contribution >= 4 is 23.2 Å². The highest BCUT2D eigenvalue weighted by atomic mass is 16.2. The molecule has 0 radical (unpaired) electrons. The maximum absolute atomic E-state index is 12.6. The summed E-state index contributed by atoms with van der Waals surface area (Å²) >= 11 is 0. The van der Waals surface area contributed by atoms with E-state index in [0.717, 1.165) is 29.9 Å². The zero-order valence-electron chi connectivity index (χ0n) is 17.8. The van der Waals surface area contributed by atoms with Crippen LogP contribution in [0.4, 0.5) is 11.4 Å². The van der Waals surface area contributed by atoms with Gasteiger partial charge in [0.1, 0.15) is 6.04 Å². The lowest BCUT2D eigenvalue weighted by atomic mass is 9.87. The predicted octanol–water partition coefficient (Wildman–Crippen LogP) is 4.55. The van der Waals surface area contributed by atoms with Crippen LogP contribution in [-0.4, -0.2) is 29.3 Å². The van der Waals surface area contributed by atoms with E-state index in [1.807, 2.05) is 48.2 Å². The zero-order valence-corrected chi connectivity index (χ0v) is 17.8. The topological polar surface area (TPSA) is 61.4 Å². The smallest absolute Gasteiger partial charge is 0.246 e. The minimum atomic E-state index is -0.388. The van der Waals surface area contributed by atoms with Gasteiger partial charge in [-0.1, -0.05) is 45.0 Å². The monoisotopic (exact) mass is 393 g/mol. The van der Waals surface area contributed by atoms with Crippen LogP contribution in [-0.2, 0) is 21.5 Å². The van der Waals surface area contributed by atoms with E-state index in [2.05, 4.69) is 43.5 Å². The molecule has 0 saturated carbocycles.